The number of nitrogens with one attached hydrogen (secondary N) is 1. The van der Waals surface area contributed by atoms with Crippen LogP contribution in [0.5, 0.6) is 0 Å². The van der Waals surface area contributed by atoms with E-state index in [0.717, 1.165) is 18.7 Å². The van der Waals surface area contributed by atoms with Crippen LogP contribution >= 0.6 is 11.6 Å². The maximum atomic E-state index is 12.6. The van der Waals surface area contributed by atoms with Crippen LogP contribution in [-0.2, 0) is 12.7 Å². The summed E-state index contributed by atoms with van der Waals surface area (Å²) in [5.41, 5.74) is -0.326. The van der Waals surface area contributed by atoms with E-state index < -0.39 is 11.7 Å². The van der Waals surface area contributed by atoms with Gasteiger partial charge in [-0.25, -0.2) is 0 Å². The second-order valence-corrected chi connectivity index (χ2v) is 4.65. The van der Waals surface area contributed by atoms with Gasteiger partial charge < -0.3 is 9.73 Å². The van der Waals surface area contributed by atoms with Gasteiger partial charge in [-0.3, -0.25) is 0 Å². The van der Waals surface area contributed by atoms with Crippen molar-refractivity contribution in [1.82, 2.24) is 5.32 Å². The Morgan fingerprint density at radius 2 is 1.95 bits per heavy atom. The Morgan fingerprint density at radius 3 is 2.55 bits per heavy atom. The third kappa shape index (κ3) is 3.35. The minimum Gasteiger partial charge on any atom is -0.460 e. The molecule has 6 heteroatoms. The van der Waals surface area contributed by atoms with E-state index in [0.29, 0.717) is 23.6 Å². The van der Waals surface area contributed by atoms with Gasteiger partial charge in [0.25, 0.3) is 0 Å². The van der Waals surface area contributed by atoms with Crippen LogP contribution in [0.2, 0.25) is 5.02 Å². The lowest BCUT2D eigenvalue weighted by molar-refractivity contribution is -0.137. The molecule has 2 nitrogen and oxygen atoms in total. The molecule has 0 aliphatic heterocycles. The SMILES string of the molecule is CCNCc1ccc(-c2ccc(C(F)(F)F)cc2Cl)o1. The summed E-state index contributed by atoms with van der Waals surface area (Å²) in [6.45, 7) is 3.34. The Kier molecular flexibility index (Phi) is 4.40. The van der Waals surface area contributed by atoms with Gasteiger partial charge in [-0.1, -0.05) is 18.5 Å². The minimum atomic E-state index is -4.40. The van der Waals surface area contributed by atoms with Crippen molar-refractivity contribution in [3.05, 3.63) is 46.7 Å². The molecule has 0 aliphatic rings. The number of rotatable bonds is 4. The highest BCUT2D eigenvalue weighted by Gasteiger charge is 2.31. The van der Waals surface area contributed by atoms with Gasteiger partial charge in [-0.05, 0) is 36.9 Å². The first-order chi connectivity index (χ1) is 9.41. The first-order valence-corrected chi connectivity index (χ1v) is 6.46. The van der Waals surface area contributed by atoms with Crippen molar-refractivity contribution >= 4 is 11.6 Å². The number of alkyl halides is 3. The summed E-state index contributed by atoms with van der Waals surface area (Å²) in [5.74, 6) is 1.16. The lowest BCUT2D eigenvalue weighted by Gasteiger charge is -2.08. The molecule has 20 heavy (non-hydrogen) atoms. The molecular formula is C14H13ClF3NO. The van der Waals surface area contributed by atoms with Gasteiger partial charge in [0.05, 0.1) is 17.1 Å². The van der Waals surface area contributed by atoms with Crippen molar-refractivity contribution in [2.45, 2.75) is 19.6 Å². The molecule has 1 heterocycles. The first kappa shape index (κ1) is 14.9. The number of benzene rings is 1. The zero-order valence-electron chi connectivity index (χ0n) is 10.7. The van der Waals surface area contributed by atoms with Gasteiger partial charge in [-0.15, -0.1) is 0 Å². The quantitative estimate of drug-likeness (QED) is 0.883. The van der Waals surface area contributed by atoms with E-state index in [9.17, 15) is 13.2 Å². The monoisotopic (exact) mass is 303 g/mol. The molecule has 0 bridgehead atoms. The second-order valence-electron chi connectivity index (χ2n) is 4.24. The second kappa shape index (κ2) is 5.89. The van der Waals surface area contributed by atoms with E-state index in [1.807, 2.05) is 6.92 Å². The maximum Gasteiger partial charge on any atom is 0.416 e. The Hall–Kier alpha value is -1.46. The van der Waals surface area contributed by atoms with Crippen LogP contribution in [0.4, 0.5) is 13.2 Å². The Labute approximate surface area is 119 Å². The predicted octanol–water partition coefficient (Wildman–Crippen LogP) is 4.73. The fourth-order valence-corrected chi connectivity index (χ4v) is 2.03. The van der Waals surface area contributed by atoms with Crippen LogP contribution in [0.1, 0.15) is 18.2 Å². The number of hydrogen-bond acceptors (Lipinski definition) is 2. The molecule has 0 saturated carbocycles. The molecule has 2 aromatic rings. The summed E-state index contributed by atoms with van der Waals surface area (Å²) in [6.07, 6.45) is -4.40. The van der Waals surface area contributed by atoms with Gasteiger partial charge in [0.2, 0.25) is 0 Å². The first-order valence-electron chi connectivity index (χ1n) is 6.08. The Morgan fingerprint density at radius 1 is 1.20 bits per heavy atom. The molecular weight excluding hydrogens is 291 g/mol. The maximum absolute atomic E-state index is 12.6. The molecule has 108 valence electrons. The lowest BCUT2D eigenvalue weighted by Crippen LogP contribution is -2.10. The van der Waals surface area contributed by atoms with Crippen LogP contribution in [0.15, 0.2) is 34.7 Å². The highest BCUT2D eigenvalue weighted by Crippen LogP contribution is 2.36. The molecule has 0 aliphatic carbocycles. The van der Waals surface area contributed by atoms with E-state index in [-0.39, 0.29) is 5.02 Å². The molecule has 0 unspecified atom stereocenters. The van der Waals surface area contributed by atoms with E-state index in [2.05, 4.69) is 5.32 Å². The topological polar surface area (TPSA) is 25.2 Å². The summed E-state index contributed by atoms with van der Waals surface area (Å²) in [4.78, 5) is 0. The van der Waals surface area contributed by atoms with Crippen LogP contribution in [0.25, 0.3) is 11.3 Å². The van der Waals surface area contributed by atoms with Gasteiger partial charge in [0, 0.05) is 5.56 Å². The van der Waals surface area contributed by atoms with Crippen LogP contribution in [0, 0.1) is 0 Å². The van der Waals surface area contributed by atoms with E-state index in [1.165, 1.54) is 6.07 Å². The average molecular weight is 304 g/mol. The third-order valence-electron chi connectivity index (χ3n) is 2.77. The van der Waals surface area contributed by atoms with Crippen LogP contribution < -0.4 is 5.32 Å². The number of furan rings is 1. The Bertz CT molecular complexity index is 592. The molecule has 0 fully saturated rings. The molecule has 1 aromatic heterocycles. The smallest absolute Gasteiger partial charge is 0.416 e. The largest absolute Gasteiger partial charge is 0.460 e. The van der Waals surface area contributed by atoms with Gasteiger partial charge in [-0.2, -0.15) is 13.2 Å². The van der Waals surface area contributed by atoms with Gasteiger partial charge >= 0.3 is 6.18 Å². The molecule has 2 rings (SSSR count). The van der Waals surface area contributed by atoms with Crippen molar-refractivity contribution in [3.8, 4) is 11.3 Å². The summed E-state index contributed by atoms with van der Waals surface area (Å²) in [6, 6.07) is 6.69. The van der Waals surface area contributed by atoms with E-state index in [4.69, 9.17) is 16.0 Å². The fourth-order valence-electron chi connectivity index (χ4n) is 1.76. The van der Waals surface area contributed by atoms with Crippen molar-refractivity contribution < 1.29 is 17.6 Å². The molecule has 1 N–H and O–H groups in total. The molecule has 0 spiro atoms. The molecule has 1 aromatic carbocycles. The molecule has 0 saturated heterocycles. The minimum absolute atomic E-state index is 0.0178. The van der Waals surface area contributed by atoms with Crippen molar-refractivity contribution in [2.24, 2.45) is 0 Å². The average Bonchev–Trinajstić information content (AvgIpc) is 2.83. The normalized spacial score (nSPS) is 11.8. The zero-order valence-corrected chi connectivity index (χ0v) is 11.5. The van der Waals surface area contributed by atoms with Gasteiger partial charge in [0.15, 0.2) is 0 Å². The standard InChI is InChI=1S/C14H13ClF3NO/c1-2-19-8-10-4-6-13(20-10)11-5-3-9(7-12(11)15)14(16,17)18/h3-7,19H,2,8H2,1H3. The van der Waals surface area contributed by atoms with E-state index in [1.54, 1.807) is 12.1 Å². The lowest BCUT2D eigenvalue weighted by atomic mass is 10.1. The number of halogens is 4. The highest BCUT2D eigenvalue weighted by molar-refractivity contribution is 6.33. The molecule has 0 amide bonds. The van der Waals surface area contributed by atoms with Gasteiger partial charge in [0.1, 0.15) is 11.5 Å². The van der Waals surface area contributed by atoms with Crippen LogP contribution in [0.3, 0.4) is 0 Å². The highest BCUT2D eigenvalue weighted by atomic mass is 35.5. The summed E-state index contributed by atoms with van der Waals surface area (Å²) >= 11 is 5.91. The predicted molar refractivity (Wildman–Crippen MR) is 71.5 cm³/mol. The zero-order chi connectivity index (χ0) is 14.8. The van der Waals surface area contributed by atoms with Crippen molar-refractivity contribution in [3.63, 3.8) is 0 Å². The Balaban J connectivity index is 2.27. The number of hydrogen-bond donors (Lipinski definition) is 1. The molecule has 0 radical (unpaired) electrons. The molecule has 0 atom stereocenters. The summed E-state index contributed by atoms with van der Waals surface area (Å²) < 4.78 is 43.2. The third-order valence-corrected chi connectivity index (χ3v) is 3.09. The van der Waals surface area contributed by atoms with Crippen molar-refractivity contribution in [1.29, 1.82) is 0 Å². The fraction of sp³-hybridized carbons (Fsp3) is 0.286. The summed E-state index contributed by atoms with van der Waals surface area (Å²) in [7, 11) is 0. The van der Waals surface area contributed by atoms with Crippen molar-refractivity contribution in [2.75, 3.05) is 6.54 Å². The summed E-state index contributed by atoms with van der Waals surface area (Å²) in [5, 5.41) is 3.12. The van der Waals surface area contributed by atoms with Crippen LogP contribution in [-0.4, -0.2) is 6.54 Å². The van der Waals surface area contributed by atoms with E-state index >= 15 is 0 Å².